The molecule has 1 aromatic rings. The lowest BCUT2D eigenvalue weighted by atomic mass is 9.92. The van der Waals surface area contributed by atoms with Crippen LogP contribution in [0, 0.1) is 5.92 Å². The Labute approximate surface area is 112 Å². The van der Waals surface area contributed by atoms with Crippen molar-refractivity contribution in [2.75, 3.05) is 14.2 Å². The largest absolute Gasteiger partial charge is 0.480 e. The average Bonchev–Trinajstić information content (AvgIpc) is 2.46. The first-order valence-corrected chi connectivity index (χ1v) is 6.26. The molecule has 106 valence electrons. The molecule has 1 heterocycles. The van der Waals surface area contributed by atoms with E-state index in [2.05, 4.69) is 9.97 Å². The van der Waals surface area contributed by atoms with Crippen molar-refractivity contribution in [1.29, 1.82) is 0 Å². The van der Waals surface area contributed by atoms with E-state index in [1.54, 1.807) is 0 Å². The number of nitrogens with zero attached hydrogens (tertiary/aromatic N) is 2. The van der Waals surface area contributed by atoms with Gasteiger partial charge in [-0.05, 0) is 5.92 Å². The molecule has 1 unspecified atom stereocenters. The van der Waals surface area contributed by atoms with Gasteiger partial charge in [0.25, 0.3) is 0 Å². The molecule has 1 atom stereocenters. The predicted molar refractivity (Wildman–Crippen MR) is 69.5 cm³/mol. The zero-order chi connectivity index (χ0) is 14.4. The number of aliphatic hydroxyl groups is 1. The van der Waals surface area contributed by atoms with Crippen molar-refractivity contribution >= 4 is 5.78 Å². The van der Waals surface area contributed by atoms with Gasteiger partial charge in [-0.15, -0.1) is 0 Å². The molecule has 0 aliphatic heterocycles. The highest BCUT2D eigenvalue weighted by atomic mass is 16.5. The molecule has 1 N–H and O–H groups in total. The number of hydrogen-bond donors (Lipinski definition) is 1. The molecule has 0 spiro atoms. The van der Waals surface area contributed by atoms with E-state index in [-0.39, 0.29) is 23.4 Å². The average molecular weight is 268 g/mol. The maximum atomic E-state index is 12.2. The molecule has 0 bridgehead atoms. The lowest BCUT2D eigenvalue weighted by Gasteiger charge is -2.19. The number of ketones is 1. The number of methoxy groups -OCH3 is 2. The van der Waals surface area contributed by atoms with Crippen LogP contribution in [0.1, 0.15) is 37.2 Å². The number of carbonyl (C=O) groups excluding carboxylic acids is 1. The fraction of sp³-hybridized carbons (Fsp3) is 0.615. The maximum absolute atomic E-state index is 12.2. The van der Waals surface area contributed by atoms with Crippen LogP contribution in [-0.2, 0) is 0 Å². The highest BCUT2D eigenvalue weighted by molar-refractivity contribution is 5.99. The number of aliphatic hydroxyl groups excluding tert-OH is 1. The van der Waals surface area contributed by atoms with Crippen molar-refractivity contribution in [3.05, 3.63) is 11.9 Å². The van der Waals surface area contributed by atoms with Gasteiger partial charge in [0.2, 0.25) is 17.5 Å². The van der Waals surface area contributed by atoms with Gasteiger partial charge in [-0.1, -0.05) is 26.7 Å². The van der Waals surface area contributed by atoms with E-state index >= 15 is 0 Å². The van der Waals surface area contributed by atoms with Crippen molar-refractivity contribution in [1.82, 2.24) is 9.97 Å². The summed E-state index contributed by atoms with van der Waals surface area (Å²) in [5.74, 6) is -0.249. The number of hydrogen-bond acceptors (Lipinski definition) is 6. The number of carbonyl (C=O) groups is 1. The Kier molecular flexibility index (Phi) is 5.69. The van der Waals surface area contributed by atoms with Crippen LogP contribution in [0.25, 0.3) is 0 Å². The summed E-state index contributed by atoms with van der Waals surface area (Å²) in [6.07, 6.45) is 1.67. The Morgan fingerprint density at radius 3 is 2.42 bits per heavy atom. The first-order valence-electron chi connectivity index (χ1n) is 6.26. The highest BCUT2D eigenvalue weighted by Crippen LogP contribution is 2.22. The van der Waals surface area contributed by atoms with E-state index < -0.39 is 11.9 Å². The minimum Gasteiger partial charge on any atom is -0.480 e. The standard InChI is InChI=1S/C13H20N2O4/c1-5-8(6-2)11(16)12(17)10-13(19-4)15-9(18-3)7-14-10/h7-8,11,16H,5-6H2,1-4H3. The van der Waals surface area contributed by atoms with Crippen LogP contribution in [0.4, 0.5) is 0 Å². The molecule has 0 aliphatic rings. The second-order valence-electron chi connectivity index (χ2n) is 4.16. The normalized spacial score (nSPS) is 12.3. The van der Waals surface area contributed by atoms with Gasteiger partial charge in [0, 0.05) is 0 Å². The number of aromatic nitrogens is 2. The molecule has 0 saturated carbocycles. The van der Waals surface area contributed by atoms with Gasteiger partial charge < -0.3 is 14.6 Å². The third-order valence-corrected chi connectivity index (χ3v) is 3.12. The third kappa shape index (κ3) is 3.41. The number of Topliss-reactive ketones (excluding diaryl/α,β-unsaturated/α-hetero) is 1. The van der Waals surface area contributed by atoms with Gasteiger partial charge in [0.15, 0.2) is 5.69 Å². The number of ether oxygens (including phenoxy) is 2. The molecule has 1 rings (SSSR count). The van der Waals surface area contributed by atoms with Crippen molar-refractivity contribution < 1.29 is 19.4 Å². The van der Waals surface area contributed by atoms with Crippen LogP contribution >= 0.6 is 0 Å². The SMILES string of the molecule is CCC(CC)C(O)C(=O)c1ncc(OC)nc1OC. The Morgan fingerprint density at radius 1 is 1.32 bits per heavy atom. The number of rotatable bonds is 7. The van der Waals surface area contributed by atoms with Gasteiger partial charge >= 0.3 is 0 Å². The van der Waals surface area contributed by atoms with E-state index in [9.17, 15) is 9.90 Å². The molecule has 19 heavy (non-hydrogen) atoms. The lowest BCUT2D eigenvalue weighted by molar-refractivity contribution is 0.0578. The van der Waals surface area contributed by atoms with Crippen LogP contribution in [0.3, 0.4) is 0 Å². The molecular formula is C13H20N2O4. The summed E-state index contributed by atoms with van der Waals surface area (Å²) >= 11 is 0. The quantitative estimate of drug-likeness (QED) is 0.754. The Hall–Kier alpha value is -1.69. The summed E-state index contributed by atoms with van der Waals surface area (Å²) < 4.78 is 9.93. The predicted octanol–water partition coefficient (Wildman–Crippen LogP) is 1.47. The zero-order valence-electron chi connectivity index (χ0n) is 11.7. The molecule has 0 aliphatic carbocycles. The topological polar surface area (TPSA) is 81.5 Å². The minimum atomic E-state index is -1.09. The van der Waals surface area contributed by atoms with Gasteiger partial charge in [-0.3, -0.25) is 4.79 Å². The smallest absolute Gasteiger partial charge is 0.246 e. The minimum absolute atomic E-state index is 0.0303. The Balaban J connectivity index is 3.05. The van der Waals surface area contributed by atoms with Crippen molar-refractivity contribution in [2.24, 2.45) is 5.92 Å². The summed E-state index contributed by atoms with van der Waals surface area (Å²) in [5.41, 5.74) is 0.0303. The van der Waals surface area contributed by atoms with E-state index in [0.717, 1.165) is 12.8 Å². The highest BCUT2D eigenvalue weighted by Gasteiger charge is 2.28. The molecule has 6 nitrogen and oxygen atoms in total. The van der Waals surface area contributed by atoms with Gasteiger partial charge in [-0.2, -0.15) is 4.98 Å². The van der Waals surface area contributed by atoms with Crippen LogP contribution in [0.15, 0.2) is 6.20 Å². The van der Waals surface area contributed by atoms with Crippen molar-refractivity contribution in [2.45, 2.75) is 32.8 Å². The van der Waals surface area contributed by atoms with Crippen LogP contribution in [0.2, 0.25) is 0 Å². The molecule has 0 saturated heterocycles. The molecule has 0 fully saturated rings. The fourth-order valence-electron chi connectivity index (χ4n) is 1.86. The van der Waals surface area contributed by atoms with E-state index in [0.29, 0.717) is 0 Å². The van der Waals surface area contributed by atoms with Gasteiger partial charge in [0.1, 0.15) is 6.10 Å². The molecule has 0 amide bonds. The Morgan fingerprint density at radius 2 is 1.95 bits per heavy atom. The molecule has 6 heteroatoms. The summed E-state index contributed by atoms with van der Waals surface area (Å²) in [6, 6.07) is 0. The molecule has 1 aromatic heterocycles. The van der Waals surface area contributed by atoms with Crippen LogP contribution < -0.4 is 9.47 Å². The third-order valence-electron chi connectivity index (χ3n) is 3.12. The first kappa shape index (κ1) is 15.4. The second kappa shape index (κ2) is 7.04. The van der Waals surface area contributed by atoms with Gasteiger partial charge in [0.05, 0.1) is 20.4 Å². The summed E-state index contributed by atoms with van der Waals surface area (Å²) in [6.45, 7) is 3.86. The lowest BCUT2D eigenvalue weighted by Crippen LogP contribution is -2.30. The molecule has 0 radical (unpaired) electrons. The van der Waals surface area contributed by atoms with E-state index in [4.69, 9.17) is 9.47 Å². The summed E-state index contributed by atoms with van der Waals surface area (Å²) in [4.78, 5) is 20.2. The van der Waals surface area contributed by atoms with Gasteiger partial charge in [-0.25, -0.2) is 4.98 Å². The monoisotopic (exact) mass is 268 g/mol. The van der Waals surface area contributed by atoms with E-state index in [1.807, 2.05) is 13.8 Å². The molecule has 0 aromatic carbocycles. The molecular weight excluding hydrogens is 248 g/mol. The van der Waals surface area contributed by atoms with Crippen molar-refractivity contribution in [3.63, 3.8) is 0 Å². The van der Waals surface area contributed by atoms with Crippen LogP contribution in [0.5, 0.6) is 11.8 Å². The summed E-state index contributed by atoms with van der Waals surface area (Å²) in [7, 11) is 2.84. The fourth-order valence-corrected chi connectivity index (χ4v) is 1.86. The van der Waals surface area contributed by atoms with Crippen molar-refractivity contribution in [3.8, 4) is 11.8 Å². The summed E-state index contributed by atoms with van der Waals surface area (Å²) in [5, 5.41) is 10.1. The van der Waals surface area contributed by atoms with Crippen LogP contribution in [-0.4, -0.2) is 41.2 Å². The second-order valence-corrected chi connectivity index (χ2v) is 4.16. The zero-order valence-corrected chi connectivity index (χ0v) is 11.7. The maximum Gasteiger partial charge on any atom is 0.246 e. The first-order chi connectivity index (χ1) is 9.08. The van der Waals surface area contributed by atoms with E-state index in [1.165, 1.54) is 20.4 Å². The Bertz CT molecular complexity index is 433.